The smallest absolute Gasteiger partial charge is 0.0274 e. The number of hydrogen-bond acceptors (Lipinski definition) is 1. The molecule has 0 aliphatic carbocycles. The fourth-order valence-electron chi connectivity index (χ4n) is 1.32. The normalized spacial score (nSPS) is 24.7. The van der Waals surface area contributed by atoms with Gasteiger partial charge in [-0.15, -0.1) is 5.21 Å². The van der Waals surface area contributed by atoms with Crippen LogP contribution in [0, 0.1) is 5.92 Å². The molecule has 1 saturated heterocycles. The van der Waals surface area contributed by atoms with Crippen molar-refractivity contribution in [2.75, 3.05) is 13.1 Å². The zero-order chi connectivity index (χ0) is 6.69. The minimum absolute atomic E-state index is 0.762. The molecule has 0 aromatic carbocycles. The van der Waals surface area contributed by atoms with Crippen LogP contribution >= 0.6 is 0 Å². The number of rotatable bonds is 1. The lowest BCUT2D eigenvalue weighted by molar-refractivity contribution is -0.172. The Morgan fingerprint density at radius 1 is 1.44 bits per heavy atom. The van der Waals surface area contributed by atoms with Gasteiger partial charge in [-0.25, -0.2) is 0 Å². The van der Waals surface area contributed by atoms with Crippen LogP contribution in [0.4, 0.5) is 0 Å². The maximum atomic E-state index is 10.6. The number of hydroxylamine groups is 2. The number of nitrogens with zero attached hydrogens (tertiary/aromatic N) is 1. The summed E-state index contributed by atoms with van der Waals surface area (Å²) in [5.74, 6) is 0.829. The van der Waals surface area contributed by atoms with E-state index in [4.69, 9.17) is 0 Å². The molecule has 0 saturated carbocycles. The van der Waals surface area contributed by atoms with Crippen molar-refractivity contribution in [3.63, 3.8) is 0 Å². The third kappa shape index (κ3) is 1.95. The number of piperidine rings is 1. The summed E-state index contributed by atoms with van der Waals surface area (Å²) in [6.45, 7) is 3.72. The highest BCUT2D eigenvalue weighted by molar-refractivity contribution is 4.65. The minimum atomic E-state index is 0.762. The zero-order valence-corrected chi connectivity index (χ0v) is 5.97. The van der Waals surface area contributed by atoms with Crippen LogP contribution in [-0.4, -0.2) is 18.2 Å². The molecule has 1 radical (unpaired) electrons. The molecule has 0 aromatic rings. The van der Waals surface area contributed by atoms with Crippen LogP contribution in [0.25, 0.3) is 0 Å². The van der Waals surface area contributed by atoms with Gasteiger partial charge in [0.1, 0.15) is 0 Å². The van der Waals surface area contributed by atoms with E-state index in [9.17, 15) is 5.21 Å². The van der Waals surface area contributed by atoms with Crippen molar-refractivity contribution < 1.29 is 5.21 Å². The summed E-state index contributed by atoms with van der Waals surface area (Å²) in [7, 11) is 0. The van der Waals surface area contributed by atoms with Crippen molar-refractivity contribution in [3.05, 3.63) is 0 Å². The van der Waals surface area contributed by atoms with Gasteiger partial charge in [-0.1, -0.05) is 13.3 Å². The second kappa shape index (κ2) is 3.18. The van der Waals surface area contributed by atoms with Crippen molar-refractivity contribution in [3.8, 4) is 0 Å². The monoisotopic (exact) mass is 128 g/mol. The maximum absolute atomic E-state index is 10.6. The van der Waals surface area contributed by atoms with E-state index in [0.29, 0.717) is 0 Å². The van der Waals surface area contributed by atoms with Gasteiger partial charge in [-0.05, 0) is 18.8 Å². The molecular weight excluding hydrogens is 114 g/mol. The molecule has 0 unspecified atom stereocenters. The van der Waals surface area contributed by atoms with Crippen molar-refractivity contribution in [2.45, 2.75) is 26.2 Å². The molecule has 0 N–H and O–H groups in total. The van der Waals surface area contributed by atoms with Crippen molar-refractivity contribution in [2.24, 2.45) is 5.92 Å². The standard InChI is InChI=1S/C7H14NO/c1-2-7-3-5-8(9)6-4-7/h7H,2-6H2,1H3. The SMILES string of the molecule is CCC1CCN([O])CC1. The van der Waals surface area contributed by atoms with Crippen molar-refractivity contribution >= 4 is 0 Å². The van der Waals surface area contributed by atoms with Crippen LogP contribution in [0.1, 0.15) is 26.2 Å². The van der Waals surface area contributed by atoms with Gasteiger partial charge in [0.05, 0.1) is 0 Å². The fraction of sp³-hybridized carbons (Fsp3) is 1.00. The van der Waals surface area contributed by atoms with Crippen LogP contribution < -0.4 is 0 Å². The van der Waals surface area contributed by atoms with E-state index in [-0.39, 0.29) is 0 Å². The molecular formula is C7H14NO. The van der Waals surface area contributed by atoms with Gasteiger partial charge in [-0.2, -0.15) is 5.06 Å². The Bertz CT molecular complexity index is 77.0. The Labute approximate surface area is 56.4 Å². The minimum Gasteiger partial charge on any atom is -0.155 e. The Morgan fingerprint density at radius 3 is 2.44 bits per heavy atom. The Balaban J connectivity index is 2.18. The molecule has 2 nitrogen and oxygen atoms in total. The van der Waals surface area contributed by atoms with Crippen molar-refractivity contribution in [1.29, 1.82) is 0 Å². The summed E-state index contributed by atoms with van der Waals surface area (Å²) in [5.41, 5.74) is 0. The van der Waals surface area contributed by atoms with Gasteiger partial charge in [0.15, 0.2) is 0 Å². The van der Waals surface area contributed by atoms with E-state index < -0.39 is 0 Å². The van der Waals surface area contributed by atoms with Crippen LogP contribution in [0.3, 0.4) is 0 Å². The molecule has 0 bridgehead atoms. The van der Waals surface area contributed by atoms with Crippen molar-refractivity contribution in [1.82, 2.24) is 5.06 Å². The molecule has 1 heterocycles. The van der Waals surface area contributed by atoms with Crippen LogP contribution in [0.5, 0.6) is 0 Å². The third-order valence-electron chi connectivity index (χ3n) is 2.15. The largest absolute Gasteiger partial charge is 0.155 e. The van der Waals surface area contributed by atoms with Crippen LogP contribution in [0.15, 0.2) is 0 Å². The van der Waals surface area contributed by atoms with Gasteiger partial charge in [0, 0.05) is 13.1 Å². The van der Waals surface area contributed by atoms with E-state index in [1.807, 2.05) is 0 Å². The average molecular weight is 128 g/mol. The summed E-state index contributed by atoms with van der Waals surface area (Å²) in [5, 5.41) is 11.8. The van der Waals surface area contributed by atoms with Gasteiger partial charge >= 0.3 is 0 Å². The average Bonchev–Trinajstić information content (AvgIpc) is 1.90. The van der Waals surface area contributed by atoms with Crippen LogP contribution in [0.2, 0.25) is 0 Å². The highest BCUT2D eigenvalue weighted by atomic mass is 16.5. The predicted molar refractivity (Wildman–Crippen MR) is 35.3 cm³/mol. The summed E-state index contributed by atoms with van der Waals surface area (Å²) in [6.07, 6.45) is 3.47. The highest BCUT2D eigenvalue weighted by Crippen LogP contribution is 2.18. The first-order chi connectivity index (χ1) is 4.33. The molecule has 0 atom stereocenters. The number of hydrogen-bond donors (Lipinski definition) is 0. The van der Waals surface area contributed by atoms with Crippen LogP contribution in [-0.2, 0) is 5.21 Å². The van der Waals surface area contributed by atoms with E-state index in [2.05, 4.69) is 6.92 Å². The van der Waals surface area contributed by atoms with E-state index in [1.54, 1.807) is 0 Å². The van der Waals surface area contributed by atoms with Gasteiger partial charge in [0.2, 0.25) is 0 Å². The Hall–Kier alpha value is -0.0800. The molecule has 9 heavy (non-hydrogen) atoms. The summed E-state index contributed by atoms with van der Waals surface area (Å²) >= 11 is 0. The molecule has 1 aliphatic heterocycles. The maximum Gasteiger partial charge on any atom is 0.0274 e. The summed E-state index contributed by atoms with van der Waals surface area (Å²) < 4.78 is 0. The lowest BCUT2D eigenvalue weighted by Gasteiger charge is -2.24. The zero-order valence-electron chi connectivity index (χ0n) is 5.97. The van der Waals surface area contributed by atoms with Gasteiger partial charge in [-0.3, -0.25) is 0 Å². The Morgan fingerprint density at radius 2 is 2.00 bits per heavy atom. The second-order valence-electron chi connectivity index (χ2n) is 2.78. The first-order valence-corrected chi connectivity index (χ1v) is 3.75. The molecule has 1 fully saturated rings. The predicted octanol–water partition coefficient (Wildman–Crippen LogP) is 1.45. The lowest BCUT2D eigenvalue weighted by Crippen LogP contribution is -2.29. The molecule has 1 aliphatic rings. The van der Waals surface area contributed by atoms with Gasteiger partial charge in [0.25, 0.3) is 0 Å². The molecule has 1 rings (SSSR count). The molecule has 53 valence electrons. The first kappa shape index (κ1) is 7.03. The quantitative estimate of drug-likeness (QED) is 0.524. The summed E-state index contributed by atoms with van der Waals surface area (Å²) in [6, 6.07) is 0. The van der Waals surface area contributed by atoms with E-state index in [1.165, 1.54) is 11.5 Å². The topological polar surface area (TPSA) is 23.1 Å². The fourth-order valence-corrected chi connectivity index (χ4v) is 1.32. The molecule has 0 amide bonds. The molecule has 0 spiro atoms. The van der Waals surface area contributed by atoms with Gasteiger partial charge < -0.3 is 0 Å². The Kier molecular flexibility index (Phi) is 2.49. The second-order valence-corrected chi connectivity index (χ2v) is 2.78. The summed E-state index contributed by atoms with van der Waals surface area (Å²) in [4.78, 5) is 0. The lowest BCUT2D eigenvalue weighted by atomic mass is 9.96. The molecule has 0 aromatic heterocycles. The third-order valence-corrected chi connectivity index (χ3v) is 2.15. The van der Waals surface area contributed by atoms with E-state index in [0.717, 1.165) is 31.8 Å². The highest BCUT2D eigenvalue weighted by Gasteiger charge is 2.16. The first-order valence-electron chi connectivity index (χ1n) is 3.75. The van der Waals surface area contributed by atoms with E-state index >= 15 is 0 Å². The molecule has 2 heteroatoms.